The van der Waals surface area contributed by atoms with Crippen molar-refractivity contribution in [2.75, 3.05) is 20.2 Å². The third-order valence-electron chi connectivity index (χ3n) is 3.02. The van der Waals surface area contributed by atoms with E-state index in [-0.39, 0.29) is 12.0 Å². The van der Waals surface area contributed by atoms with Gasteiger partial charge in [-0.25, -0.2) is 4.79 Å². The molecule has 1 unspecified atom stereocenters. The van der Waals surface area contributed by atoms with E-state index in [0.29, 0.717) is 18.7 Å². The average molecular weight is 281 g/mol. The van der Waals surface area contributed by atoms with Crippen molar-refractivity contribution in [2.45, 2.75) is 12.5 Å². The number of carbonyl (C=O) groups excluding carboxylic acids is 1. The molecule has 2 rings (SSSR count). The van der Waals surface area contributed by atoms with Crippen molar-refractivity contribution in [3.63, 3.8) is 0 Å². The molecule has 5 nitrogen and oxygen atoms in total. The number of rotatable bonds is 4. The zero-order valence-electron chi connectivity index (χ0n) is 10.5. The predicted molar refractivity (Wildman–Crippen MR) is 72.3 cm³/mol. The Hall–Kier alpha value is -1.66. The molecule has 1 aliphatic heterocycles. The van der Waals surface area contributed by atoms with E-state index in [2.05, 4.69) is 0 Å². The lowest BCUT2D eigenvalue weighted by Crippen LogP contribution is -2.29. The summed E-state index contributed by atoms with van der Waals surface area (Å²) in [6.45, 7) is 1.32. The molecule has 0 spiro atoms. The van der Waals surface area contributed by atoms with Gasteiger partial charge >= 0.3 is 5.97 Å². The quantitative estimate of drug-likeness (QED) is 0.853. The summed E-state index contributed by atoms with van der Waals surface area (Å²) in [6, 6.07) is 1.71. The van der Waals surface area contributed by atoms with Crippen LogP contribution in [0.4, 0.5) is 0 Å². The van der Waals surface area contributed by atoms with Crippen molar-refractivity contribution in [1.82, 2.24) is 4.90 Å². The molecular formula is C13H15NO4S. The van der Waals surface area contributed by atoms with Gasteiger partial charge in [0.25, 0.3) is 5.91 Å². The molecule has 0 aliphatic carbocycles. The smallest absolute Gasteiger partial charge is 0.328 e. The molecule has 6 heteroatoms. The van der Waals surface area contributed by atoms with Crippen molar-refractivity contribution in [3.8, 4) is 0 Å². The second-order valence-corrected chi connectivity index (χ2v) is 5.25. The number of amides is 1. The molecule has 2 heterocycles. The molecular weight excluding hydrogens is 266 g/mol. The highest BCUT2D eigenvalue weighted by atomic mass is 32.1. The van der Waals surface area contributed by atoms with Gasteiger partial charge in [-0.3, -0.25) is 4.79 Å². The zero-order chi connectivity index (χ0) is 13.8. The van der Waals surface area contributed by atoms with E-state index in [4.69, 9.17) is 9.84 Å². The average Bonchev–Trinajstić information content (AvgIpc) is 3.04. The van der Waals surface area contributed by atoms with E-state index in [9.17, 15) is 9.59 Å². The largest absolute Gasteiger partial charge is 0.478 e. The Morgan fingerprint density at radius 3 is 3.00 bits per heavy atom. The van der Waals surface area contributed by atoms with Crippen LogP contribution in [0, 0.1) is 0 Å². The van der Waals surface area contributed by atoms with E-state index in [0.717, 1.165) is 17.4 Å². The second kappa shape index (κ2) is 5.99. The van der Waals surface area contributed by atoms with Gasteiger partial charge in [0, 0.05) is 36.5 Å². The van der Waals surface area contributed by atoms with Crippen LogP contribution in [0.5, 0.6) is 0 Å². The molecule has 1 aromatic rings. The standard InChI is InChI=1S/C13H15NO4S/c1-18-10-4-5-14(7-10)13(17)9-6-11(19-8-9)2-3-12(15)16/h2-3,6,8,10H,4-5,7H2,1H3,(H,15,16)/b3-2+. The number of carbonyl (C=O) groups is 2. The lowest BCUT2D eigenvalue weighted by atomic mass is 10.2. The van der Waals surface area contributed by atoms with Gasteiger partial charge in [-0.05, 0) is 18.6 Å². The number of hydrogen-bond donors (Lipinski definition) is 1. The number of likely N-dealkylation sites (tertiary alicyclic amines) is 1. The number of ether oxygens (including phenoxy) is 1. The fourth-order valence-corrected chi connectivity index (χ4v) is 2.77. The molecule has 0 bridgehead atoms. The number of aliphatic carboxylic acids is 1. The van der Waals surface area contributed by atoms with Gasteiger partial charge in [-0.15, -0.1) is 11.3 Å². The van der Waals surface area contributed by atoms with Crippen molar-refractivity contribution in [1.29, 1.82) is 0 Å². The summed E-state index contributed by atoms with van der Waals surface area (Å²) in [4.78, 5) is 25.1. The van der Waals surface area contributed by atoms with Crippen molar-refractivity contribution < 1.29 is 19.4 Å². The van der Waals surface area contributed by atoms with Crippen molar-refractivity contribution >= 4 is 29.3 Å². The maximum absolute atomic E-state index is 12.2. The van der Waals surface area contributed by atoms with Gasteiger partial charge in [-0.1, -0.05) is 0 Å². The second-order valence-electron chi connectivity index (χ2n) is 4.31. The maximum Gasteiger partial charge on any atom is 0.328 e. The number of nitrogens with zero attached hydrogens (tertiary/aromatic N) is 1. The van der Waals surface area contributed by atoms with Gasteiger partial charge in [0.2, 0.25) is 0 Å². The fourth-order valence-electron chi connectivity index (χ4n) is 1.99. The maximum atomic E-state index is 12.2. The predicted octanol–water partition coefficient (Wildman–Crippen LogP) is 1.71. The summed E-state index contributed by atoms with van der Waals surface area (Å²) in [5.41, 5.74) is 0.604. The monoisotopic (exact) mass is 281 g/mol. The first-order chi connectivity index (χ1) is 9.10. The van der Waals surface area contributed by atoms with Crippen LogP contribution in [0.3, 0.4) is 0 Å². The van der Waals surface area contributed by atoms with Crippen LogP contribution in [0.1, 0.15) is 21.7 Å². The Balaban J connectivity index is 2.02. The third-order valence-corrected chi connectivity index (χ3v) is 3.92. The molecule has 0 radical (unpaired) electrons. The highest BCUT2D eigenvalue weighted by Crippen LogP contribution is 2.20. The molecule has 1 N–H and O–H groups in total. The van der Waals surface area contributed by atoms with Crippen LogP contribution >= 0.6 is 11.3 Å². The SMILES string of the molecule is COC1CCN(C(=O)c2csc(/C=C/C(=O)O)c2)C1. The summed E-state index contributed by atoms with van der Waals surface area (Å²) in [6.07, 6.45) is 3.54. The van der Waals surface area contributed by atoms with Gasteiger partial charge in [-0.2, -0.15) is 0 Å². The van der Waals surface area contributed by atoms with E-state index >= 15 is 0 Å². The molecule has 1 aliphatic rings. The number of methoxy groups -OCH3 is 1. The van der Waals surface area contributed by atoms with E-state index < -0.39 is 5.97 Å². The van der Waals surface area contributed by atoms with Gasteiger partial charge in [0.05, 0.1) is 11.7 Å². The van der Waals surface area contributed by atoms with Gasteiger partial charge in [0.15, 0.2) is 0 Å². The summed E-state index contributed by atoms with van der Waals surface area (Å²) < 4.78 is 5.23. The Labute approximate surface area is 115 Å². The summed E-state index contributed by atoms with van der Waals surface area (Å²) in [5, 5.41) is 10.3. The topological polar surface area (TPSA) is 66.8 Å². The van der Waals surface area contributed by atoms with E-state index in [1.54, 1.807) is 23.5 Å². The Kier molecular flexibility index (Phi) is 4.34. The minimum Gasteiger partial charge on any atom is -0.478 e. The highest BCUT2D eigenvalue weighted by Gasteiger charge is 2.27. The first kappa shape index (κ1) is 13.8. The minimum absolute atomic E-state index is 0.0224. The normalized spacial score (nSPS) is 19.2. The molecule has 1 aromatic heterocycles. The first-order valence-electron chi connectivity index (χ1n) is 5.91. The Morgan fingerprint density at radius 2 is 2.37 bits per heavy atom. The molecule has 1 saturated heterocycles. The molecule has 1 fully saturated rings. The van der Waals surface area contributed by atoms with Crippen LogP contribution in [0.15, 0.2) is 17.5 Å². The van der Waals surface area contributed by atoms with Crippen molar-refractivity contribution in [2.24, 2.45) is 0 Å². The number of thiophene rings is 1. The molecule has 1 amide bonds. The number of hydrogen-bond acceptors (Lipinski definition) is 4. The fraction of sp³-hybridized carbons (Fsp3) is 0.385. The van der Waals surface area contributed by atoms with Crippen LogP contribution in [-0.4, -0.2) is 48.2 Å². The molecule has 102 valence electrons. The Morgan fingerprint density at radius 1 is 1.58 bits per heavy atom. The van der Waals surface area contributed by atoms with Crippen LogP contribution in [-0.2, 0) is 9.53 Å². The van der Waals surface area contributed by atoms with Gasteiger partial charge in [0.1, 0.15) is 0 Å². The lowest BCUT2D eigenvalue weighted by Gasteiger charge is -2.14. The van der Waals surface area contributed by atoms with E-state index in [1.807, 2.05) is 0 Å². The van der Waals surface area contributed by atoms with Crippen molar-refractivity contribution in [3.05, 3.63) is 28.0 Å². The molecule has 0 aromatic carbocycles. The summed E-state index contributed by atoms with van der Waals surface area (Å²) in [7, 11) is 1.65. The van der Waals surface area contributed by atoms with Gasteiger partial charge < -0.3 is 14.7 Å². The van der Waals surface area contributed by atoms with Crippen LogP contribution in [0.25, 0.3) is 6.08 Å². The summed E-state index contributed by atoms with van der Waals surface area (Å²) >= 11 is 1.36. The minimum atomic E-state index is -0.997. The number of carboxylic acid groups (broad SMARTS) is 1. The highest BCUT2D eigenvalue weighted by molar-refractivity contribution is 7.11. The number of carboxylic acids is 1. The third kappa shape index (κ3) is 3.42. The lowest BCUT2D eigenvalue weighted by molar-refractivity contribution is -0.131. The zero-order valence-corrected chi connectivity index (χ0v) is 11.4. The Bertz CT molecular complexity index is 508. The first-order valence-corrected chi connectivity index (χ1v) is 6.79. The molecule has 19 heavy (non-hydrogen) atoms. The summed E-state index contributed by atoms with van der Waals surface area (Å²) in [5.74, 6) is -1.02. The van der Waals surface area contributed by atoms with Crippen LogP contribution < -0.4 is 0 Å². The molecule has 1 atom stereocenters. The van der Waals surface area contributed by atoms with Crippen LogP contribution in [0.2, 0.25) is 0 Å². The van der Waals surface area contributed by atoms with E-state index in [1.165, 1.54) is 17.4 Å². The molecule has 0 saturated carbocycles.